The molecule has 7 nitrogen and oxygen atoms in total. The maximum Gasteiger partial charge on any atom is 0.225 e. The molecule has 0 atom stereocenters. The number of thiazole rings is 1. The van der Waals surface area contributed by atoms with E-state index < -0.39 is 0 Å². The first-order chi connectivity index (χ1) is 18.3. The number of amides is 1. The number of hydrogen-bond donors (Lipinski definition) is 0. The highest BCUT2D eigenvalue weighted by Gasteiger charge is 2.27. The van der Waals surface area contributed by atoms with Gasteiger partial charge >= 0.3 is 0 Å². The second kappa shape index (κ2) is 13.8. The molecule has 4 rings (SSSR count). The van der Waals surface area contributed by atoms with Gasteiger partial charge in [0.2, 0.25) is 5.91 Å². The summed E-state index contributed by atoms with van der Waals surface area (Å²) < 4.78 is 14.5. The van der Waals surface area contributed by atoms with E-state index in [0.29, 0.717) is 36.6 Å². The average molecular weight is 535 g/mol. The molecular weight excluding hydrogens is 499 g/mol. The van der Waals surface area contributed by atoms with Gasteiger partial charge in [-0.05, 0) is 38.3 Å². The van der Waals surface area contributed by atoms with E-state index in [2.05, 4.69) is 32.8 Å². The third kappa shape index (κ3) is 7.01. The quantitative estimate of drug-likeness (QED) is 0.406. The van der Waals surface area contributed by atoms with Crippen LogP contribution in [0.4, 0.5) is 10.2 Å². The summed E-state index contributed by atoms with van der Waals surface area (Å²) in [5.41, 5.74) is 2.98. The third-order valence-corrected chi connectivity index (χ3v) is 7.21. The standard InChI is InChI=1S/C22H27FN4O.C7H8N2S/c1-5-17(18-8-6-7-9-19(18)23)20-16(4)24-14-25-21(20)26-10-12-27(13-11-26)22(28)15(2)3;1-2-3-7-9-5-6(4-8)10-7/h5-9,14-15H,10-13H2,1-4H3;5H,2-3H2,1H3/b17-5-;. The molecule has 0 bridgehead atoms. The number of benzene rings is 1. The molecule has 3 heterocycles. The Balaban J connectivity index is 0.000000336. The minimum atomic E-state index is -0.267. The van der Waals surface area contributed by atoms with Crippen molar-refractivity contribution < 1.29 is 9.18 Å². The predicted molar refractivity (Wildman–Crippen MR) is 150 cm³/mol. The van der Waals surface area contributed by atoms with Crippen LogP contribution >= 0.6 is 11.3 Å². The van der Waals surface area contributed by atoms with Crippen LogP contribution in [0.1, 0.15) is 60.8 Å². The summed E-state index contributed by atoms with van der Waals surface area (Å²) in [5.74, 6) is 0.705. The zero-order valence-electron chi connectivity index (χ0n) is 22.7. The van der Waals surface area contributed by atoms with E-state index in [1.807, 2.05) is 44.7 Å². The van der Waals surface area contributed by atoms with Crippen LogP contribution in [0.25, 0.3) is 5.57 Å². The van der Waals surface area contributed by atoms with E-state index in [-0.39, 0.29) is 17.6 Å². The van der Waals surface area contributed by atoms with E-state index in [1.54, 1.807) is 24.7 Å². The second-order valence-electron chi connectivity index (χ2n) is 9.29. The fourth-order valence-corrected chi connectivity index (χ4v) is 5.14. The Morgan fingerprint density at radius 2 is 1.89 bits per heavy atom. The van der Waals surface area contributed by atoms with Crippen molar-refractivity contribution in [3.05, 3.63) is 75.4 Å². The van der Waals surface area contributed by atoms with E-state index >= 15 is 0 Å². The lowest BCUT2D eigenvalue weighted by Crippen LogP contribution is -2.50. The lowest BCUT2D eigenvalue weighted by atomic mass is 9.96. The van der Waals surface area contributed by atoms with Gasteiger partial charge in [0.15, 0.2) is 0 Å². The van der Waals surface area contributed by atoms with Gasteiger partial charge in [-0.25, -0.2) is 19.3 Å². The maximum absolute atomic E-state index is 14.5. The molecule has 1 amide bonds. The van der Waals surface area contributed by atoms with E-state index in [0.717, 1.165) is 40.5 Å². The van der Waals surface area contributed by atoms with Crippen molar-refractivity contribution in [2.75, 3.05) is 31.1 Å². The number of aryl methyl sites for hydroxylation is 2. The minimum Gasteiger partial charge on any atom is -0.352 e. The van der Waals surface area contributed by atoms with Crippen LogP contribution in [0.5, 0.6) is 0 Å². The highest BCUT2D eigenvalue weighted by molar-refractivity contribution is 7.12. The molecule has 0 unspecified atom stereocenters. The van der Waals surface area contributed by atoms with Gasteiger partial charge < -0.3 is 9.80 Å². The number of carbonyl (C=O) groups is 1. The highest BCUT2D eigenvalue weighted by Crippen LogP contribution is 2.33. The lowest BCUT2D eigenvalue weighted by molar-refractivity contribution is -0.134. The molecule has 0 spiro atoms. The molecule has 1 aliphatic rings. The Hall–Kier alpha value is -3.64. The number of nitriles is 1. The number of halogens is 1. The summed E-state index contributed by atoms with van der Waals surface area (Å²) in [5, 5.41) is 9.51. The smallest absolute Gasteiger partial charge is 0.225 e. The lowest BCUT2D eigenvalue weighted by Gasteiger charge is -2.37. The molecule has 1 aromatic carbocycles. The van der Waals surface area contributed by atoms with Gasteiger partial charge in [-0.3, -0.25) is 4.79 Å². The number of piperazine rings is 1. The molecule has 1 aliphatic heterocycles. The van der Waals surface area contributed by atoms with Crippen molar-refractivity contribution in [1.29, 1.82) is 5.26 Å². The van der Waals surface area contributed by atoms with Crippen molar-refractivity contribution in [3.63, 3.8) is 0 Å². The Morgan fingerprint density at radius 3 is 2.47 bits per heavy atom. The van der Waals surface area contributed by atoms with Crippen molar-refractivity contribution in [2.24, 2.45) is 5.92 Å². The first kappa shape index (κ1) is 28.9. The molecular formula is C29H35FN6OS. The van der Waals surface area contributed by atoms with E-state index in [9.17, 15) is 9.18 Å². The zero-order valence-corrected chi connectivity index (χ0v) is 23.6. The molecule has 0 radical (unpaired) electrons. The van der Waals surface area contributed by atoms with Crippen molar-refractivity contribution in [2.45, 2.75) is 47.5 Å². The van der Waals surface area contributed by atoms with Gasteiger partial charge in [0.05, 0.1) is 16.9 Å². The van der Waals surface area contributed by atoms with Crippen LogP contribution in [0.3, 0.4) is 0 Å². The van der Waals surface area contributed by atoms with Gasteiger partial charge in [-0.2, -0.15) is 5.26 Å². The number of nitrogens with zero attached hydrogens (tertiary/aromatic N) is 6. The molecule has 0 aliphatic carbocycles. The summed E-state index contributed by atoms with van der Waals surface area (Å²) in [4.78, 5) is 30.0. The normalized spacial score (nSPS) is 13.7. The Kier molecular flexibility index (Phi) is 10.5. The molecule has 3 aromatic rings. The number of anilines is 1. The van der Waals surface area contributed by atoms with Crippen LogP contribution < -0.4 is 4.90 Å². The molecule has 0 saturated carbocycles. The number of aromatic nitrogens is 3. The number of carbonyl (C=O) groups excluding carboxylic acids is 1. The number of allylic oxidation sites excluding steroid dienone is 1. The van der Waals surface area contributed by atoms with Gasteiger partial charge in [0.1, 0.15) is 28.9 Å². The van der Waals surface area contributed by atoms with Crippen LogP contribution in [0.2, 0.25) is 0 Å². The Labute approximate surface area is 228 Å². The summed E-state index contributed by atoms with van der Waals surface area (Å²) in [6.07, 6.45) is 7.18. The van der Waals surface area contributed by atoms with Gasteiger partial charge in [-0.1, -0.05) is 45.0 Å². The van der Waals surface area contributed by atoms with Gasteiger partial charge in [0, 0.05) is 43.2 Å². The van der Waals surface area contributed by atoms with Crippen molar-refractivity contribution in [3.8, 4) is 6.07 Å². The molecule has 1 fully saturated rings. The maximum atomic E-state index is 14.5. The van der Waals surface area contributed by atoms with Crippen LogP contribution in [-0.2, 0) is 11.2 Å². The van der Waals surface area contributed by atoms with Crippen LogP contribution in [0, 0.1) is 30.0 Å². The second-order valence-corrected chi connectivity index (χ2v) is 10.4. The summed E-state index contributed by atoms with van der Waals surface area (Å²) in [7, 11) is 0. The molecule has 38 heavy (non-hydrogen) atoms. The predicted octanol–water partition coefficient (Wildman–Crippen LogP) is 5.65. The largest absolute Gasteiger partial charge is 0.352 e. The minimum absolute atomic E-state index is 0.000844. The van der Waals surface area contributed by atoms with E-state index in [4.69, 9.17) is 5.26 Å². The average Bonchev–Trinajstić information content (AvgIpc) is 3.39. The zero-order chi connectivity index (χ0) is 27.7. The summed E-state index contributed by atoms with van der Waals surface area (Å²) in [6, 6.07) is 8.82. The van der Waals surface area contributed by atoms with E-state index in [1.165, 1.54) is 17.4 Å². The third-order valence-electron chi connectivity index (χ3n) is 6.25. The molecule has 0 N–H and O–H groups in total. The Bertz CT molecular complexity index is 1300. The Morgan fingerprint density at radius 1 is 1.18 bits per heavy atom. The van der Waals surface area contributed by atoms with Crippen molar-refractivity contribution >= 4 is 28.6 Å². The number of hydrogen-bond acceptors (Lipinski definition) is 7. The molecule has 1 saturated heterocycles. The van der Waals surface area contributed by atoms with Gasteiger partial charge in [-0.15, -0.1) is 11.3 Å². The summed E-state index contributed by atoms with van der Waals surface area (Å²) >= 11 is 1.49. The fraction of sp³-hybridized carbons (Fsp3) is 0.414. The van der Waals surface area contributed by atoms with Gasteiger partial charge in [0.25, 0.3) is 0 Å². The molecule has 9 heteroatoms. The topological polar surface area (TPSA) is 86.0 Å². The summed E-state index contributed by atoms with van der Waals surface area (Å²) in [6.45, 7) is 12.5. The first-order valence-corrected chi connectivity index (χ1v) is 13.7. The van der Waals surface area contributed by atoms with Crippen molar-refractivity contribution in [1.82, 2.24) is 19.9 Å². The monoisotopic (exact) mass is 534 g/mol. The van der Waals surface area contributed by atoms with Crippen LogP contribution in [0.15, 0.2) is 42.9 Å². The number of rotatable bonds is 6. The van der Waals surface area contributed by atoms with Crippen LogP contribution in [-0.4, -0.2) is 51.9 Å². The molecule has 2 aromatic heterocycles. The fourth-order valence-electron chi connectivity index (χ4n) is 4.33. The first-order valence-electron chi connectivity index (χ1n) is 12.9. The SMILES string of the molecule is C/C=C(/c1ccccc1F)c1c(C)ncnc1N1CCN(C(=O)C(C)C)CC1.CCCc1ncc(C#N)s1. The molecule has 200 valence electrons. The highest BCUT2D eigenvalue weighted by atomic mass is 32.1.